The Morgan fingerprint density at radius 1 is 1.17 bits per heavy atom. The summed E-state index contributed by atoms with van der Waals surface area (Å²) in [5.41, 5.74) is 0.872. The van der Waals surface area contributed by atoms with Crippen molar-refractivity contribution in [3.05, 3.63) is 35.6 Å². The predicted molar refractivity (Wildman–Crippen MR) is 44.7 cm³/mol. The van der Waals surface area contributed by atoms with Crippen molar-refractivity contribution in [2.24, 2.45) is 0 Å². The van der Waals surface area contributed by atoms with Gasteiger partial charge in [-0.1, -0.05) is 16.8 Å². The van der Waals surface area contributed by atoms with Crippen molar-refractivity contribution in [1.82, 2.24) is 10.1 Å². The van der Waals surface area contributed by atoms with Crippen molar-refractivity contribution in [2.45, 2.75) is 0 Å². The Kier molecular flexibility index (Phi) is 1.80. The van der Waals surface area contributed by atoms with Crippen LogP contribution in [0.5, 0.6) is 0 Å². The standard InChI is InChI=1S/C8H5ClN2O/c9-7-3-1-6(2-4-7)8-10-5-11-12-8/h1-5H. The number of benzene rings is 1. The topological polar surface area (TPSA) is 38.9 Å². The first-order valence-corrected chi connectivity index (χ1v) is 3.77. The number of hydrogen-bond acceptors (Lipinski definition) is 3. The second kappa shape index (κ2) is 2.95. The van der Waals surface area contributed by atoms with Crippen LogP contribution < -0.4 is 0 Å². The zero-order chi connectivity index (χ0) is 8.39. The summed E-state index contributed by atoms with van der Waals surface area (Å²) < 4.78 is 4.86. The molecular weight excluding hydrogens is 176 g/mol. The molecule has 0 aliphatic heterocycles. The second-order valence-electron chi connectivity index (χ2n) is 2.25. The molecule has 0 fully saturated rings. The van der Waals surface area contributed by atoms with Crippen LogP contribution in [0, 0.1) is 0 Å². The van der Waals surface area contributed by atoms with E-state index >= 15 is 0 Å². The number of nitrogens with zero attached hydrogens (tertiary/aromatic N) is 2. The Hall–Kier alpha value is -1.35. The molecule has 0 unspecified atom stereocenters. The monoisotopic (exact) mass is 180 g/mol. The summed E-state index contributed by atoms with van der Waals surface area (Å²) in [7, 11) is 0. The van der Waals surface area contributed by atoms with Crippen molar-refractivity contribution in [2.75, 3.05) is 0 Å². The molecular formula is C8H5ClN2O. The highest BCUT2D eigenvalue weighted by molar-refractivity contribution is 6.30. The molecule has 1 heterocycles. The smallest absolute Gasteiger partial charge is 0.257 e. The van der Waals surface area contributed by atoms with Crippen molar-refractivity contribution < 1.29 is 4.52 Å². The molecule has 0 amide bonds. The fraction of sp³-hybridized carbons (Fsp3) is 0. The van der Waals surface area contributed by atoms with Crippen molar-refractivity contribution >= 4 is 11.6 Å². The molecule has 0 saturated heterocycles. The third kappa shape index (κ3) is 1.31. The van der Waals surface area contributed by atoms with Crippen molar-refractivity contribution in [3.8, 4) is 11.5 Å². The minimum absolute atomic E-state index is 0.506. The number of rotatable bonds is 1. The lowest BCUT2D eigenvalue weighted by atomic mass is 10.2. The van der Waals surface area contributed by atoms with Crippen LogP contribution in [0.1, 0.15) is 0 Å². The maximum Gasteiger partial charge on any atom is 0.257 e. The molecule has 2 aromatic rings. The average Bonchev–Trinajstić information content (AvgIpc) is 2.58. The first-order chi connectivity index (χ1) is 5.86. The van der Waals surface area contributed by atoms with E-state index in [-0.39, 0.29) is 0 Å². The molecule has 0 bridgehead atoms. The molecule has 1 aromatic carbocycles. The summed E-state index contributed by atoms with van der Waals surface area (Å²) in [5.74, 6) is 0.506. The fourth-order valence-corrected chi connectivity index (χ4v) is 1.02. The third-order valence-corrected chi connectivity index (χ3v) is 1.70. The van der Waals surface area contributed by atoms with Gasteiger partial charge in [0, 0.05) is 10.6 Å². The van der Waals surface area contributed by atoms with Gasteiger partial charge in [0.25, 0.3) is 5.89 Å². The summed E-state index contributed by atoms with van der Waals surface area (Å²) in [4.78, 5) is 3.90. The van der Waals surface area contributed by atoms with E-state index in [0.29, 0.717) is 10.9 Å². The Balaban J connectivity index is 2.43. The molecule has 0 aliphatic carbocycles. The molecule has 2 rings (SSSR count). The molecule has 0 atom stereocenters. The number of halogens is 1. The molecule has 0 N–H and O–H groups in total. The number of aromatic nitrogens is 2. The molecule has 0 spiro atoms. The van der Waals surface area contributed by atoms with E-state index in [0.717, 1.165) is 5.56 Å². The minimum Gasteiger partial charge on any atom is -0.334 e. The molecule has 3 nitrogen and oxygen atoms in total. The van der Waals surface area contributed by atoms with Crippen LogP contribution in [-0.4, -0.2) is 10.1 Å². The van der Waals surface area contributed by atoms with E-state index in [2.05, 4.69) is 10.1 Å². The quantitative estimate of drug-likeness (QED) is 0.677. The van der Waals surface area contributed by atoms with Crippen LogP contribution in [0.2, 0.25) is 5.02 Å². The van der Waals surface area contributed by atoms with E-state index in [1.165, 1.54) is 6.33 Å². The number of hydrogen-bond donors (Lipinski definition) is 0. The third-order valence-electron chi connectivity index (χ3n) is 1.45. The van der Waals surface area contributed by atoms with Gasteiger partial charge in [0.15, 0.2) is 6.33 Å². The summed E-state index contributed by atoms with van der Waals surface area (Å²) in [5, 5.41) is 4.19. The molecule has 60 valence electrons. The lowest BCUT2D eigenvalue weighted by Gasteiger charge is -1.92. The molecule has 4 heteroatoms. The van der Waals surface area contributed by atoms with Gasteiger partial charge in [0.1, 0.15) is 0 Å². The second-order valence-corrected chi connectivity index (χ2v) is 2.69. The summed E-state index contributed by atoms with van der Waals surface area (Å²) in [6.45, 7) is 0. The lowest BCUT2D eigenvalue weighted by Crippen LogP contribution is -1.74. The largest absolute Gasteiger partial charge is 0.334 e. The highest BCUT2D eigenvalue weighted by atomic mass is 35.5. The van der Waals surface area contributed by atoms with E-state index < -0.39 is 0 Å². The van der Waals surface area contributed by atoms with Crippen molar-refractivity contribution in [1.29, 1.82) is 0 Å². The Bertz CT molecular complexity index is 355. The Morgan fingerprint density at radius 2 is 1.92 bits per heavy atom. The van der Waals surface area contributed by atoms with Crippen molar-refractivity contribution in [3.63, 3.8) is 0 Å². The van der Waals surface area contributed by atoms with Gasteiger partial charge in [0.2, 0.25) is 0 Å². The maximum absolute atomic E-state index is 5.71. The van der Waals surface area contributed by atoms with E-state index in [4.69, 9.17) is 16.1 Å². The Labute approximate surface area is 74.0 Å². The van der Waals surface area contributed by atoms with E-state index in [1.807, 2.05) is 12.1 Å². The van der Waals surface area contributed by atoms with Gasteiger partial charge in [-0.25, -0.2) is 0 Å². The van der Waals surface area contributed by atoms with Crippen LogP contribution in [0.3, 0.4) is 0 Å². The maximum atomic E-state index is 5.71. The van der Waals surface area contributed by atoms with Gasteiger partial charge in [-0.15, -0.1) is 0 Å². The van der Waals surface area contributed by atoms with Crippen LogP contribution in [0.4, 0.5) is 0 Å². The van der Waals surface area contributed by atoms with Crippen LogP contribution in [0.25, 0.3) is 11.5 Å². The lowest BCUT2D eigenvalue weighted by molar-refractivity contribution is 0.430. The fourth-order valence-electron chi connectivity index (χ4n) is 0.893. The molecule has 0 aliphatic rings. The summed E-state index contributed by atoms with van der Waals surface area (Å²) >= 11 is 5.71. The zero-order valence-corrected chi connectivity index (χ0v) is 6.82. The zero-order valence-electron chi connectivity index (χ0n) is 6.07. The summed E-state index contributed by atoms with van der Waals surface area (Å²) in [6, 6.07) is 7.22. The van der Waals surface area contributed by atoms with Gasteiger partial charge in [-0.05, 0) is 24.3 Å². The Morgan fingerprint density at radius 3 is 2.50 bits per heavy atom. The molecule has 12 heavy (non-hydrogen) atoms. The van der Waals surface area contributed by atoms with Gasteiger partial charge in [0.05, 0.1) is 0 Å². The van der Waals surface area contributed by atoms with Crippen LogP contribution in [0.15, 0.2) is 35.1 Å². The first-order valence-electron chi connectivity index (χ1n) is 3.39. The highest BCUT2D eigenvalue weighted by Gasteiger charge is 2.01. The highest BCUT2D eigenvalue weighted by Crippen LogP contribution is 2.18. The van der Waals surface area contributed by atoms with E-state index in [9.17, 15) is 0 Å². The molecule has 0 radical (unpaired) electrons. The SMILES string of the molecule is Clc1ccc(-c2ncno2)cc1. The predicted octanol–water partition coefficient (Wildman–Crippen LogP) is 2.39. The summed E-state index contributed by atoms with van der Waals surface area (Å²) in [6.07, 6.45) is 1.37. The van der Waals surface area contributed by atoms with Gasteiger partial charge in [-0.3, -0.25) is 0 Å². The van der Waals surface area contributed by atoms with Gasteiger partial charge >= 0.3 is 0 Å². The van der Waals surface area contributed by atoms with E-state index in [1.54, 1.807) is 12.1 Å². The minimum atomic E-state index is 0.506. The van der Waals surface area contributed by atoms with Gasteiger partial charge in [-0.2, -0.15) is 4.98 Å². The van der Waals surface area contributed by atoms with Gasteiger partial charge < -0.3 is 4.52 Å². The average molecular weight is 181 g/mol. The normalized spacial score (nSPS) is 10.1. The van der Waals surface area contributed by atoms with Crippen LogP contribution in [-0.2, 0) is 0 Å². The molecule has 0 saturated carbocycles. The first kappa shape index (κ1) is 7.31. The molecule has 1 aromatic heterocycles. The van der Waals surface area contributed by atoms with Crippen LogP contribution >= 0.6 is 11.6 Å².